The molecule has 0 spiro atoms. The zero-order valence-electron chi connectivity index (χ0n) is 18.6. The molecule has 1 fully saturated rings. The molecular formula is C23H25N7O4. The first-order chi connectivity index (χ1) is 16.5. The lowest BCUT2D eigenvalue weighted by atomic mass is 10.1. The van der Waals surface area contributed by atoms with E-state index >= 15 is 0 Å². The minimum Gasteiger partial charge on any atom is -0.474 e. The first kappa shape index (κ1) is 22.0. The average molecular weight is 463 g/mol. The minimum atomic E-state index is -1.03. The molecule has 176 valence electrons. The molecule has 11 nitrogen and oxygen atoms in total. The van der Waals surface area contributed by atoms with Crippen molar-refractivity contribution in [2.75, 3.05) is 41.4 Å². The van der Waals surface area contributed by atoms with Crippen molar-refractivity contribution in [1.29, 1.82) is 0 Å². The molecule has 1 saturated heterocycles. The quantitative estimate of drug-likeness (QED) is 0.498. The average Bonchev–Trinajstić information content (AvgIpc) is 3.27. The van der Waals surface area contributed by atoms with Crippen LogP contribution in [-0.4, -0.2) is 74.6 Å². The van der Waals surface area contributed by atoms with Crippen LogP contribution in [0, 0.1) is 6.92 Å². The van der Waals surface area contributed by atoms with Gasteiger partial charge < -0.3 is 19.8 Å². The van der Waals surface area contributed by atoms with Crippen molar-refractivity contribution in [2.24, 2.45) is 0 Å². The number of hydrogen-bond acceptors (Lipinski definition) is 9. The Bertz CT molecular complexity index is 1190. The lowest BCUT2D eigenvalue weighted by molar-refractivity contribution is 0.0520. The molecule has 3 aromatic rings. The van der Waals surface area contributed by atoms with E-state index in [2.05, 4.69) is 25.2 Å². The fourth-order valence-electron chi connectivity index (χ4n) is 4.13. The SMILES string of the molecule is Cc1ccc(-c2ccc3c(n2)N(C(=O)Nc2cncc(OCC(O)CO)n2)[C@H]2CCN3C2)cn1. The molecule has 0 radical (unpaired) electrons. The number of aryl methyl sites for hydroxylation is 1. The molecule has 0 aliphatic carbocycles. The number of carbonyl (C=O) groups is 1. The molecule has 1 unspecified atom stereocenters. The zero-order chi connectivity index (χ0) is 23.7. The maximum Gasteiger partial charge on any atom is 0.329 e. The largest absolute Gasteiger partial charge is 0.474 e. The van der Waals surface area contributed by atoms with Gasteiger partial charge in [0.1, 0.15) is 12.7 Å². The number of aromatic nitrogens is 4. The number of urea groups is 1. The third kappa shape index (κ3) is 4.35. The van der Waals surface area contributed by atoms with Gasteiger partial charge in [0.2, 0.25) is 5.88 Å². The van der Waals surface area contributed by atoms with Crippen molar-refractivity contribution in [3.63, 3.8) is 0 Å². The molecule has 2 aliphatic rings. The van der Waals surface area contributed by atoms with Crippen LogP contribution >= 0.6 is 0 Å². The standard InChI is InChI=1S/C23H25N7O4/c1-14-2-3-15(8-25-14)18-4-5-19-22(26-18)30(16-6-7-29(19)11-16)23(33)28-20-9-24-10-21(27-20)34-13-17(32)12-31/h2-5,8-10,16-17,31-32H,6-7,11-13H2,1H3,(H,27,28,33)/t16-,17?/m0/s1. The Balaban J connectivity index is 1.40. The Kier molecular flexibility index (Phi) is 5.95. The van der Waals surface area contributed by atoms with Crippen molar-refractivity contribution in [1.82, 2.24) is 19.9 Å². The van der Waals surface area contributed by atoms with Gasteiger partial charge in [-0.2, -0.15) is 4.98 Å². The van der Waals surface area contributed by atoms with E-state index in [9.17, 15) is 9.90 Å². The van der Waals surface area contributed by atoms with Gasteiger partial charge in [-0.1, -0.05) is 0 Å². The predicted molar refractivity (Wildman–Crippen MR) is 125 cm³/mol. The number of hydrogen-bond donors (Lipinski definition) is 3. The van der Waals surface area contributed by atoms with E-state index in [0.29, 0.717) is 5.82 Å². The van der Waals surface area contributed by atoms with E-state index in [-0.39, 0.29) is 30.4 Å². The summed E-state index contributed by atoms with van der Waals surface area (Å²) in [6.45, 7) is 2.95. The van der Waals surface area contributed by atoms with E-state index < -0.39 is 12.7 Å². The fraction of sp³-hybridized carbons (Fsp3) is 0.348. The Labute approximate surface area is 196 Å². The summed E-state index contributed by atoms with van der Waals surface area (Å²) in [4.78, 5) is 34.8. The number of anilines is 3. The molecule has 3 aromatic heterocycles. The molecule has 3 N–H and O–H groups in total. The van der Waals surface area contributed by atoms with Crippen LogP contribution < -0.4 is 19.9 Å². The molecular weight excluding hydrogens is 438 g/mol. The smallest absolute Gasteiger partial charge is 0.329 e. The molecule has 2 bridgehead atoms. The number of ether oxygens (including phenoxy) is 1. The number of nitrogens with zero attached hydrogens (tertiary/aromatic N) is 6. The summed E-state index contributed by atoms with van der Waals surface area (Å²) in [7, 11) is 0. The minimum absolute atomic E-state index is 0.0153. The van der Waals surface area contributed by atoms with E-state index in [4.69, 9.17) is 14.8 Å². The highest BCUT2D eigenvalue weighted by atomic mass is 16.5. The molecule has 2 amide bonds. The topological polar surface area (TPSA) is 137 Å². The van der Waals surface area contributed by atoms with Gasteiger partial charge in [-0.15, -0.1) is 0 Å². The normalized spacial score (nSPS) is 17.3. The highest BCUT2D eigenvalue weighted by Gasteiger charge is 2.40. The van der Waals surface area contributed by atoms with Crippen LogP contribution in [0.5, 0.6) is 5.88 Å². The van der Waals surface area contributed by atoms with Crippen LogP contribution in [0.1, 0.15) is 12.1 Å². The Morgan fingerprint density at radius 2 is 2.12 bits per heavy atom. The Hall–Kier alpha value is -3.83. The maximum atomic E-state index is 13.4. The second-order valence-electron chi connectivity index (χ2n) is 8.31. The summed E-state index contributed by atoms with van der Waals surface area (Å²) < 4.78 is 5.33. The predicted octanol–water partition coefficient (Wildman–Crippen LogP) is 1.60. The van der Waals surface area contributed by atoms with Gasteiger partial charge in [0.05, 0.1) is 36.4 Å². The number of fused-ring (bicyclic) bond motifs is 4. The summed E-state index contributed by atoms with van der Waals surface area (Å²) in [5, 5.41) is 21.2. The van der Waals surface area contributed by atoms with Gasteiger partial charge in [-0.25, -0.2) is 9.78 Å². The summed E-state index contributed by atoms with van der Waals surface area (Å²) in [5.74, 6) is 0.932. The summed E-state index contributed by atoms with van der Waals surface area (Å²) in [6, 6.07) is 7.47. The summed E-state index contributed by atoms with van der Waals surface area (Å²) in [6.07, 6.45) is 4.37. The third-order valence-corrected chi connectivity index (χ3v) is 5.86. The number of pyridine rings is 2. The number of carbonyl (C=O) groups excluding carboxylic acids is 1. The number of aliphatic hydroxyl groups is 2. The van der Waals surface area contributed by atoms with Crippen molar-refractivity contribution >= 4 is 23.4 Å². The van der Waals surface area contributed by atoms with Crippen molar-refractivity contribution in [3.8, 4) is 17.1 Å². The second kappa shape index (κ2) is 9.20. The molecule has 5 rings (SSSR count). The monoisotopic (exact) mass is 463 g/mol. The third-order valence-electron chi connectivity index (χ3n) is 5.86. The molecule has 5 heterocycles. The Morgan fingerprint density at radius 1 is 1.24 bits per heavy atom. The van der Waals surface area contributed by atoms with Crippen LogP contribution in [0.15, 0.2) is 42.9 Å². The van der Waals surface area contributed by atoms with Gasteiger partial charge in [0.15, 0.2) is 11.6 Å². The van der Waals surface area contributed by atoms with Gasteiger partial charge in [0.25, 0.3) is 0 Å². The van der Waals surface area contributed by atoms with Crippen LogP contribution in [0.25, 0.3) is 11.3 Å². The maximum absolute atomic E-state index is 13.4. The number of rotatable bonds is 6. The summed E-state index contributed by atoms with van der Waals surface area (Å²) >= 11 is 0. The van der Waals surface area contributed by atoms with Crippen molar-refractivity contribution in [3.05, 3.63) is 48.5 Å². The highest BCUT2D eigenvalue weighted by molar-refractivity contribution is 6.04. The van der Waals surface area contributed by atoms with E-state index in [1.54, 1.807) is 11.1 Å². The van der Waals surface area contributed by atoms with Gasteiger partial charge in [-0.05, 0) is 37.6 Å². The number of amides is 2. The van der Waals surface area contributed by atoms with E-state index in [1.807, 2.05) is 31.2 Å². The van der Waals surface area contributed by atoms with Crippen molar-refractivity contribution < 1.29 is 19.7 Å². The zero-order valence-corrected chi connectivity index (χ0v) is 18.6. The van der Waals surface area contributed by atoms with Gasteiger partial charge >= 0.3 is 6.03 Å². The van der Waals surface area contributed by atoms with Crippen LogP contribution in [0.2, 0.25) is 0 Å². The van der Waals surface area contributed by atoms with Crippen molar-refractivity contribution in [2.45, 2.75) is 25.5 Å². The van der Waals surface area contributed by atoms with E-state index in [0.717, 1.165) is 42.1 Å². The molecule has 0 aromatic carbocycles. The molecule has 11 heteroatoms. The van der Waals surface area contributed by atoms with Crippen LogP contribution in [0.3, 0.4) is 0 Å². The lowest BCUT2D eigenvalue weighted by Crippen LogP contribution is -2.48. The van der Waals surface area contributed by atoms with Gasteiger partial charge in [0, 0.05) is 30.5 Å². The van der Waals surface area contributed by atoms with Crippen LogP contribution in [-0.2, 0) is 0 Å². The molecule has 34 heavy (non-hydrogen) atoms. The number of nitrogens with one attached hydrogen (secondary N) is 1. The molecule has 2 atom stereocenters. The fourth-order valence-corrected chi connectivity index (χ4v) is 4.13. The second-order valence-corrected chi connectivity index (χ2v) is 8.31. The van der Waals surface area contributed by atoms with E-state index in [1.165, 1.54) is 12.4 Å². The van der Waals surface area contributed by atoms with Gasteiger partial charge in [-0.3, -0.25) is 20.2 Å². The lowest BCUT2D eigenvalue weighted by Gasteiger charge is -2.35. The molecule has 0 saturated carbocycles. The molecule has 2 aliphatic heterocycles. The first-order valence-corrected chi connectivity index (χ1v) is 11.0. The number of aliphatic hydroxyl groups excluding tert-OH is 2. The summed E-state index contributed by atoms with van der Waals surface area (Å²) in [5.41, 5.74) is 3.45. The Morgan fingerprint density at radius 3 is 2.91 bits per heavy atom. The van der Waals surface area contributed by atoms with Crippen LogP contribution in [0.4, 0.5) is 22.1 Å². The highest BCUT2D eigenvalue weighted by Crippen LogP contribution is 2.40. The first-order valence-electron chi connectivity index (χ1n) is 11.0.